The summed E-state index contributed by atoms with van der Waals surface area (Å²) >= 11 is 0. The number of nitrogens with one attached hydrogen (secondary N) is 1. The predicted molar refractivity (Wildman–Crippen MR) is 117 cm³/mol. The number of hydrogen-bond acceptors (Lipinski definition) is 14. The summed E-state index contributed by atoms with van der Waals surface area (Å²) in [7, 11) is -4.38. The molecule has 3 rings (SSSR count). The van der Waals surface area contributed by atoms with Crippen LogP contribution in [0.4, 0.5) is 5.82 Å². The van der Waals surface area contributed by atoms with Gasteiger partial charge in [0.05, 0.1) is 32.0 Å². The molecule has 1 unspecified atom stereocenters. The van der Waals surface area contributed by atoms with Gasteiger partial charge >= 0.3 is 13.7 Å². The van der Waals surface area contributed by atoms with Gasteiger partial charge in [0, 0.05) is 0 Å². The zero-order valence-corrected chi connectivity index (χ0v) is 19.2. The summed E-state index contributed by atoms with van der Waals surface area (Å²) in [6.45, 7) is -0.561. The third-order valence-electron chi connectivity index (χ3n) is 5.00. The van der Waals surface area contributed by atoms with E-state index in [0.717, 1.165) is 0 Å². The van der Waals surface area contributed by atoms with Crippen LogP contribution in [0.25, 0.3) is 11.2 Å². The first-order valence-corrected chi connectivity index (χ1v) is 11.9. The molecule has 0 spiro atoms. The van der Waals surface area contributed by atoms with Gasteiger partial charge in [-0.25, -0.2) is 19.5 Å². The molecule has 0 aromatic carbocycles. The van der Waals surface area contributed by atoms with Crippen LogP contribution in [0, 0.1) is 0 Å². The maximum Gasteiger partial charge on any atom is 0.435 e. The van der Waals surface area contributed by atoms with Gasteiger partial charge in [-0.2, -0.15) is 0 Å². The van der Waals surface area contributed by atoms with Gasteiger partial charge in [0.15, 0.2) is 17.7 Å². The molecule has 0 aliphatic carbocycles. The van der Waals surface area contributed by atoms with Gasteiger partial charge in [0.2, 0.25) is 5.91 Å². The van der Waals surface area contributed by atoms with Crippen molar-refractivity contribution >= 4 is 36.6 Å². The molecule has 0 saturated carbocycles. The molecule has 194 valence electrons. The highest BCUT2D eigenvalue weighted by atomic mass is 31.2. The van der Waals surface area contributed by atoms with Gasteiger partial charge in [0.1, 0.15) is 30.2 Å². The van der Waals surface area contributed by atoms with Gasteiger partial charge in [0.25, 0.3) is 0 Å². The van der Waals surface area contributed by atoms with E-state index in [-0.39, 0.29) is 36.6 Å². The topological polar surface area (TPSA) is 273 Å². The lowest BCUT2D eigenvalue weighted by Gasteiger charge is -2.23. The number of anilines is 1. The van der Waals surface area contributed by atoms with Crippen molar-refractivity contribution in [2.24, 2.45) is 11.5 Å². The normalized spacial score (nSPS) is 24.8. The molecular weight excluding hydrogens is 491 g/mol. The highest BCUT2D eigenvalue weighted by Crippen LogP contribution is 2.45. The summed E-state index contributed by atoms with van der Waals surface area (Å²) in [5.74, 6) is -2.32. The lowest BCUT2D eigenvalue weighted by molar-refractivity contribution is -0.139. The zero-order chi connectivity index (χ0) is 25.8. The van der Waals surface area contributed by atoms with Crippen LogP contribution in [-0.4, -0.2) is 90.8 Å². The van der Waals surface area contributed by atoms with Crippen LogP contribution >= 0.6 is 7.75 Å². The van der Waals surface area contributed by atoms with E-state index in [0.29, 0.717) is 0 Å². The fourth-order valence-corrected chi connectivity index (χ4v) is 4.55. The van der Waals surface area contributed by atoms with Crippen LogP contribution in [0.15, 0.2) is 12.7 Å². The summed E-state index contributed by atoms with van der Waals surface area (Å²) in [6, 6.07) is -1.52. The number of aliphatic hydroxyl groups is 2. The van der Waals surface area contributed by atoms with E-state index in [1.165, 1.54) is 17.2 Å². The summed E-state index contributed by atoms with van der Waals surface area (Å²) in [5.41, 5.74) is 17.2. The van der Waals surface area contributed by atoms with Crippen LogP contribution in [0.5, 0.6) is 0 Å². The molecule has 10 N–H and O–H groups in total. The van der Waals surface area contributed by atoms with Gasteiger partial charge in [-0.15, -0.1) is 0 Å². The summed E-state index contributed by atoms with van der Waals surface area (Å²) in [6.07, 6.45) is -3.30. The number of nitrogens with zero attached hydrogens (tertiary/aromatic N) is 4. The molecule has 1 amide bonds. The number of hydrogen-bond donors (Lipinski definition) is 7. The summed E-state index contributed by atoms with van der Waals surface area (Å²) < 4.78 is 30.5. The van der Waals surface area contributed by atoms with E-state index in [4.69, 9.17) is 36.1 Å². The number of nitrogen functional groups attached to an aromatic ring is 1. The number of aliphatic carboxylic acids is 1. The minimum absolute atomic E-state index is 0.106. The van der Waals surface area contributed by atoms with Crippen molar-refractivity contribution < 1.29 is 43.3 Å². The van der Waals surface area contributed by atoms with Gasteiger partial charge in [-0.05, 0) is 13.0 Å². The Hall–Kier alpha value is -2.76. The number of ether oxygens (including phenoxy) is 1. The first kappa shape index (κ1) is 26.8. The number of carboxylic acids is 1. The monoisotopic (exact) mass is 518 g/mol. The smallest absolute Gasteiger partial charge is 0.435 e. The number of fused-ring (bicyclic) bond motifs is 1. The van der Waals surface area contributed by atoms with Crippen LogP contribution in [-0.2, 0) is 27.9 Å². The number of rotatable bonds is 12. The molecule has 3 heterocycles. The molecule has 1 aliphatic heterocycles. The Balaban J connectivity index is 1.71. The Morgan fingerprint density at radius 2 is 2.00 bits per heavy atom. The van der Waals surface area contributed by atoms with Gasteiger partial charge in [-0.3, -0.25) is 28.3 Å². The molecule has 18 heteroatoms. The predicted octanol–water partition coefficient (Wildman–Crippen LogP) is -2.56. The van der Waals surface area contributed by atoms with Crippen molar-refractivity contribution in [1.82, 2.24) is 24.6 Å². The van der Waals surface area contributed by atoms with E-state index < -0.39 is 63.2 Å². The number of amides is 1. The second-order valence-corrected chi connectivity index (χ2v) is 9.31. The molecule has 1 aliphatic rings. The number of carbonyl (C=O) groups is 2. The quantitative estimate of drug-likeness (QED) is 0.112. The minimum atomic E-state index is -4.38. The third kappa shape index (κ3) is 6.28. The second kappa shape index (κ2) is 11.3. The summed E-state index contributed by atoms with van der Waals surface area (Å²) in [5, 5.41) is 31.8. The lowest BCUT2D eigenvalue weighted by atomic mass is 10.1. The number of nitrogens with two attached hydrogens (primary N) is 3. The first-order valence-electron chi connectivity index (χ1n) is 10.4. The van der Waals surface area contributed by atoms with Crippen molar-refractivity contribution in [3.05, 3.63) is 12.7 Å². The third-order valence-corrected chi connectivity index (χ3v) is 6.50. The van der Waals surface area contributed by atoms with E-state index in [1.807, 2.05) is 5.09 Å². The molecular formula is C17H27N8O9P. The Bertz CT molecular complexity index is 1100. The average Bonchev–Trinajstić information content (AvgIpc) is 3.34. The molecule has 2 aromatic rings. The largest absolute Gasteiger partial charge is 0.481 e. The van der Waals surface area contributed by atoms with E-state index >= 15 is 0 Å². The van der Waals surface area contributed by atoms with Crippen LogP contribution in [0.2, 0.25) is 0 Å². The molecule has 1 saturated heterocycles. The molecule has 1 fully saturated rings. The summed E-state index contributed by atoms with van der Waals surface area (Å²) in [4.78, 5) is 34.9. The highest BCUT2D eigenvalue weighted by Gasteiger charge is 2.45. The maximum atomic E-state index is 13.1. The average molecular weight is 518 g/mol. The molecule has 35 heavy (non-hydrogen) atoms. The Kier molecular flexibility index (Phi) is 8.68. The first-order chi connectivity index (χ1) is 16.6. The van der Waals surface area contributed by atoms with Crippen molar-refractivity contribution in [2.45, 2.75) is 43.4 Å². The van der Waals surface area contributed by atoms with Crippen LogP contribution in [0.1, 0.15) is 19.1 Å². The van der Waals surface area contributed by atoms with E-state index in [9.17, 15) is 24.4 Å². The minimum Gasteiger partial charge on any atom is -0.481 e. The Morgan fingerprint density at radius 1 is 1.26 bits per heavy atom. The number of aliphatic hydroxyl groups excluding tert-OH is 2. The molecule has 0 radical (unpaired) electrons. The Labute approximate surface area is 198 Å². The second-order valence-electron chi connectivity index (χ2n) is 7.58. The van der Waals surface area contributed by atoms with Crippen molar-refractivity contribution in [2.75, 3.05) is 25.5 Å². The maximum absolute atomic E-state index is 13.1. The van der Waals surface area contributed by atoms with E-state index in [2.05, 4.69) is 15.0 Å². The Morgan fingerprint density at radius 3 is 2.69 bits per heavy atom. The van der Waals surface area contributed by atoms with E-state index in [1.54, 1.807) is 0 Å². The SMILES string of the molecule is NCCCOP(=O)(NC(=O)[C@H](N)CC(=O)O)OC[C@H]1O[C@@H](n2cnc3c(N)ncnc32)[C@H](O)[C@@H]1O. The van der Waals surface area contributed by atoms with Crippen molar-refractivity contribution in [3.63, 3.8) is 0 Å². The number of carbonyl (C=O) groups excluding carboxylic acids is 1. The molecule has 17 nitrogen and oxygen atoms in total. The molecule has 2 aromatic heterocycles. The van der Waals surface area contributed by atoms with Crippen LogP contribution in [0.3, 0.4) is 0 Å². The zero-order valence-electron chi connectivity index (χ0n) is 18.3. The fraction of sp³-hybridized carbons (Fsp3) is 0.588. The lowest BCUT2D eigenvalue weighted by Crippen LogP contribution is -2.41. The van der Waals surface area contributed by atoms with Crippen molar-refractivity contribution in [3.8, 4) is 0 Å². The number of imidazole rings is 1. The number of carboxylic acid groups (broad SMARTS) is 1. The van der Waals surface area contributed by atoms with Crippen molar-refractivity contribution in [1.29, 1.82) is 0 Å². The van der Waals surface area contributed by atoms with Gasteiger partial charge < -0.3 is 37.3 Å². The highest BCUT2D eigenvalue weighted by molar-refractivity contribution is 7.52. The number of aromatic nitrogens is 4. The molecule has 6 atom stereocenters. The molecule has 0 bridgehead atoms. The standard InChI is InChI=1S/C17H27N8O9P/c18-2-1-3-32-35(31,24-16(30)8(19)4-10(26)27)33-5-9-12(28)13(29)17(34-9)25-7-23-11-14(20)21-6-22-15(11)25/h6-9,12-13,17,28-29H,1-5,18-19H2,(H,26,27)(H2,20,21,22)(H,24,30,31)/t8-,9-,12-,13-,17-,35?/m1/s1. The fourth-order valence-electron chi connectivity index (χ4n) is 3.19. The van der Waals surface area contributed by atoms with Gasteiger partial charge in [-0.1, -0.05) is 0 Å². The van der Waals surface area contributed by atoms with Crippen LogP contribution < -0.4 is 22.3 Å².